The highest BCUT2D eigenvalue weighted by molar-refractivity contribution is 14.1. The van der Waals surface area contributed by atoms with E-state index in [1.165, 1.54) is 5.56 Å². The van der Waals surface area contributed by atoms with Crippen LogP contribution in [0.25, 0.3) is 0 Å². The lowest BCUT2D eigenvalue weighted by molar-refractivity contribution is 0.199. The van der Waals surface area contributed by atoms with Gasteiger partial charge in [-0.15, -0.1) is 0 Å². The number of halogens is 1. The fourth-order valence-corrected chi connectivity index (χ4v) is 2.33. The third-order valence-corrected chi connectivity index (χ3v) is 3.40. The van der Waals surface area contributed by atoms with E-state index in [-0.39, 0.29) is 0 Å². The molecule has 0 aromatic carbocycles. The van der Waals surface area contributed by atoms with Gasteiger partial charge < -0.3 is 4.52 Å². The molecule has 4 heteroatoms. The lowest BCUT2D eigenvalue weighted by Crippen LogP contribution is -2.35. The maximum atomic E-state index is 5.16. The van der Waals surface area contributed by atoms with Gasteiger partial charge in [-0.25, -0.2) is 0 Å². The Hall–Kier alpha value is -0.100. The fourth-order valence-electron chi connectivity index (χ4n) is 1.65. The molecule has 1 aromatic rings. The Morgan fingerprint density at radius 3 is 3.00 bits per heavy atom. The lowest BCUT2D eigenvalue weighted by atomic mass is 10.1. The van der Waals surface area contributed by atoms with Gasteiger partial charge in [-0.1, -0.05) is 5.16 Å². The largest absolute Gasteiger partial charge is 0.350 e. The van der Waals surface area contributed by atoms with Crippen molar-refractivity contribution in [1.82, 2.24) is 10.1 Å². The Morgan fingerprint density at radius 1 is 1.54 bits per heavy atom. The van der Waals surface area contributed by atoms with Crippen LogP contribution in [0.4, 0.5) is 0 Å². The Kier molecular flexibility index (Phi) is 2.60. The van der Waals surface area contributed by atoms with Crippen LogP contribution in [-0.2, 0) is 13.0 Å². The van der Waals surface area contributed by atoms with Crippen LogP contribution in [0.2, 0.25) is 0 Å². The summed E-state index contributed by atoms with van der Waals surface area (Å²) in [6.07, 6.45) is 1.08. The first-order chi connectivity index (χ1) is 6.18. The minimum absolute atomic E-state index is 0.600. The molecule has 0 N–H and O–H groups in total. The Labute approximate surface area is 91.6 Å². The average Bonchev–Trinajstić information content (AvgIpc) is 2.47. The van der Waals surface area contributed by atoms with E-state index in [1.807, 2.05) is 0 Å². The van der Waals surface area contributed by atoms with Gasteiger partial charge in [0.1, 0.15) is 5.69 Å². The molecule has 72 valence electrons. The Bertz CT molecular complexity index is 309. The maximum absolute atomic E-state index is 5.16. The van der Waals surface area contributed by atoms with E-state index >= 15 is 0 Å². The van der Waals surface area contributed by atoms with E-state index in [2.05, 4.69) is 46.5 Å². The van der Waals surface area contributed by atoms with Crippen molar-refractivity contribution in [3.8, 4) is 0 Å². The van der Waals surface area contributed by atoms with Crippen LogP contribution in [0.5, 0.6) is 0 Å². The van der Waals surface area contributed by atoms with Crippen LogP contribution in [0.1, 0.15) is 25.1 Å². The van der Waals surface area contributed by atoms with Crippen LogP contribution < -0.4 is 0 Å². The molecule has 0 atom stereocenters. The number of fused-ring (bicyclic) bond motifs is 1. The van der Waals surface area contributed by atoms with Crippen LogP contribution in [-0.4, -0.2) is 22.6 Å². The normalized spacial score (nSPS) is 17.8. The van der Waals surface area contributed by atoms with Crippen LogP contribution in [0.15, 0.2) is 4.52 Å². The molecule has 1 aromatic heterocycles. The number of nitrogens with zero attached hydrogens (tertiary/aromatic N) is 2. The highest BCUT2D eigenvalue weighted by atomic mass is 127. The molecular formula is C9H13IN2O. The maximum Gasteiger partial charge on any atom is 0.199 e. The van der Waals surface area contributed by atoms with Gasteiger partial charge in [0.25, 0.3) is 0 Å². The molecule has 13 heavy (non-hydrogen) atoms. The molecule has 1 aliphatic rings. The summed E-state index contributed by atoms with van der Waals surface area (Å²) in [5.74, 6) is 0. The molecule has 0 bridgehead atoms. The third kappa shape index (κ3) is 1.74. The van der Waals surface area contributed by atoms with Gasteiger partial charge >= 0.3 is 0 Å². The Morgan fingerprint density at radius 2 is 2.31 bits per heavy atom. The fraction of sp³-hybridized carbons (Fsp3) is 0.667. The second-order valence-electron chi connectivity index (χ2n) is 3.70. The van der Waals surface area contributed by atoms with Crippen LogP contribution in [0, 0.1) is 3.77 Å². The molecule has 3 nitrogen and oxygen atoms in total. The first-order valence-electron chi connectivity index (χ1n) is 4.55. The van der Waals surface area contributed by atoms with E-state index in [9.17, 15) is 0 Å². The molecule has 1 aliphatic heterocycles. The lowest BCUT2D eigenvalue weighted by Gasteiger charge is -2.28. The SMILES string of the molecule is CC(C)N1CCc2c(noc2I)C1. The van der Waals surface area contributed by atoms with Crippen molar-refractivity contribution in [1.29, 1.82) is 0 Å². The molecular weight excluding hydrogens is 279 g/mol. The number of aromatic nitrogens is 1. The highest BCUT2D eigenvalue weighted by Gasteiger charge is 2.23. The van der Waals surface area contributed by atoms with Crippen LogP contribution >= 0.6 is 22.6 Å². The van der Waals surface area contributed by atoms with Crippen molar-refractivity contribution in [3.63, 3.8) is 0 Å². The van der Waals surface area contributed by atoms with E-state index in [1.54, 1.807) is 0 Å². The molecule has 0 radical (unpaired) electrons. The zero-order valence-electron chi connectivity index (χ0n) is 7.88. The molecule has 0 saturated heterocycles. The van der Waals surface area contributed by atoms with Gasteiger partial charge in [-0.3, -0.25) is 4.90 Å². The second-order valence-corrected chi connectivity index (χ2v) is 4.68. The van der Waals surface area contributed by atoms with Gasteiger partial charge in [0.05, 0.1) is 0 Å². The van der Waals surface area contributed by atoms with Gasteiger partial charge in [0.2, 0.25) is 0 Å². The van der Waals surface area contributed by atoms with Gasteiger partial charge in [-0.05, 0) is 20.3 Å². The molecule has 0 fully saturated rings. The van der Waals surface area contributed by atoms with Crippen molar-refractivity contribution in [2.75, 3.05) is 6.54 Å². The minimum Gasteiger partial charge on any atom is -0.350 e. The highest BCUT2D eigenvalue weighted by Crippen LogP contribution is 2.23. The summed E-state index contributed by atoms with van der Waals surface area (Å²) in [5.41, 5.74) is 2.45. The molecule has 0 unspecified atom stereocenters. The summed E-state index contributed by atoms with van der Waals surface area (Å²) in [4.78, 5) is 2.42. The number of hydrogen-bond acceptors (Lipinski definition) is 3. The predicted octanol–water partition coefficient (Wildman–Crippen LogP) is 2.05. The number of rotatable bonds is 1. The molecule has 0 amide bonds. The second kappa shape index (κ2) is 3.57. The average molecular weight is 292 g/mol. The summed E-state index contributed by atoms with van der Waals surface area (Å²) in [6, 6.07) is 0.600. The zero-order chi connectivity index (χ0) is 9.42. The molecule has 0 saturated carbocycles. The third-order valence-electron chi connectivity index (χ3n) is 2.55. The van der Waals surface area contributed by atoms with Crippen LogP contribution in [0.3, 0.4) is 0 Å². The van der Waals surface area contributed by atoms with E-state index in [0.717, 1.165) is 29.0 Å². The van der Waals surface area contributed by atoms with Crippen molar-refractivity contribution >= 4 is 22.6 Å². The monoisotopic (exact) mass is 292 g/mol. The standard InChI is InChI=1S/C9H13IN2O/c1-6(2)12-4-3-7-8(5-12)11-13-9(7)10/h6H,3-5H2,1-2H3. The quantitative estimate of drug-likeness (QED) is 0.742. The summed E-state index contributed by atoms with van der Waals surface area (Å²) in [7, 11) is 0. The molecule has 2 rings (SSSR count). The van der Waals surface area contributed by atoms with Crippen molar-refractivity contribution in [3.05, 3.63) is 15.0 Å². The van der Waals surface area contributed by atoms with Crippen molar-refractivity contribution < 1.29 is 4.52 Å². The minimum atomic E-state index is 0.600. The number of hydrogen-bond donors (Lipinski definition) is 0. The predicted molar refractivity (Wildman–Crippen MR) is 58.5 cm³/mol. The first-order valence-corrected chi connectivity index (χ1v) is 5.63. The van der Waals surface area contributed by atoms with Gasteiger partial charge in [0, 0.05) is 47.3 Å². The Balaban J connectivity index is 2.21. The summed E-state index contributed by atoms with van der Waals surface area (Å²) in [5, 5.41) is 4.06. The first kappa shape index (κ1) is 9.45. The topological polar surface area (TPSA) is 29.3 Å². The van der Waals surface area contributed by atoms with Gasteiger partial charge in [-0.2, -0.15) is 0 Å². The van der Waals surface area contributed by atoms with Crippen molar-refractivity contribution in [2.24, 2.45) is 0 Å². The summed E-state index contributed by atoms with van der Waals surface area (Å²) in [6.45, 7) is 6.51. The zero-order valence-corrected chi connectivity index (χ0v) is 10.0. The van der Waals surface area contributed by atoms with E-state index in [0.29, 0.717) is 6.04 Å². The smallest absolute Gasteiger partial charge is 0.199 e. The molecule has 2 heterocycles. The molecule has 0 spiro atoms. The van der Waals surface area contributed by atoms with E-state index in [4.69, 9.17) is 4.52 Å². The molecule has 0 aliphatic carbocycles. The van der Waals surface area contributed by atoms with Crippen molar-refractivity contribution in [2.45, 2.75) is 32.9 Å². The summed E-state index contributed by atoms with van der Waals surface area (Å²) < 4.78 is 6.12. The van der Waals surface area contributed by atoms with Gasteiger partial charge in [0.15, 0.2) is 3.77 Å². The van der Waals surface area contributed by atoms with E-state index < -0.39 is 0 Å². The summed E-state index contributed by atoms with van der Waals surface area (Å²) >= 11 is 2.22.